The second-order valence-electron chi connectivity index (χ2n) is 5.77. The first kappa shape index (κ1) is 12.0. The third-order valence-corrected chi connectivity index (χ3v) is 5.23. The van der Waals surface area contributed by atoms with E-state index in [9.17, 15) is 9.59 Å². The van der Waals surface area contributed by atoms with Gasteiger partial charge >= 0.3 is 0 Å². The summed E-state index contributed by atoms with van der Waals surface area (Å²) in [5.41, 5.74) is 2.35. The molecule has 1 aromatic carbocycles. The second-order valence-corrected chi connectivity index (χ2v) is 6.18. The number of aryl methyl sites for hydroxylation is 1. The van der Waals surface area contributed by atoms with E-state index in [1.165, 1.54) is 10.5 Å². The van der Waals surface area contributed by atoms with Crippen LogP contribution in [0.1, 0.15) is 29.5 Å². The summed E-state index contributed by atoms with van der Waals surface area (Å²) in [4.78, 5) is 27.0. The van der Waals surface area contributed by atoms with Crippen molar-refractivity contribution in [3.8, 4) is 0 Å². The molecule has 20 heavy (non-hydrogen) atoms. The topological polar surface area (TPSA) is 49.4 Å². The highest BCUT2D eigenvalue weighted by Gasteiger charge is 2.63. The summed E-state index contributed by atoms with van der Waals surface area (Å²) in [5, 5.41) is 3.12. The lowest BCUT2D eigenvalue weighted by Crippen LogP contribution is -2.58. The summed E-state index contributed by atoms with van der Waals surface area (Å²) in [5.74, 6) is -0.254. The highest BCUT2D eigenvalue weighted by atomic mass is 32.1. The van der Waals surface area contributed by atoms with Crippen molar-refractivity contribution in [2.24, 2.45) is 0 Å². The minimum atomic E-state index is -0.738. The Morgan fingerprint density at radius 3 is 3.00 bits per heavy atom. The monoisotopic (exact) mass is 286 g/mol. The van der Waals surface area contributed by atoms with Gasteiger partial charge in [-0.2, -0.15) is 0 Å². The largest absolute Gasteiger partial charge is 0.363 e. The van der Waals surface area contributed by atoms with Crippen LogP contribution < -0.4 is 5.32 Å². The van der Waals surface area contributed by atoms with Crippen molar-refractivity contribution < 1.29 is 9.59 Å². The number of thiocarbonyl (C=S) groups is 1. The number of imide groups is 1. The van der Waals surface area contributed by atoms with Gasteiger partial charge in [0.05, 0.1) is 0 Å². The van der Waals surface area contributed by atoms with Crippen LogP contribution in [0.25, 0.3) is 0 Å². The van der Waals surface area contributed by atoms with Gasteiger partial charge in [-0.05, 0) is 30.4 Å². The predicted octanol–water partition coefficient (Wildman–Crippen LogP) is 0.907. The molecule has 1 spiro atoms. The van der Waals surface area contributed by atoms with Crippen molar-refractivity contribution in [1.82, 2.24) is 10.2 Å². The van der Waals surface area contributed by atoms with Crippen molar-refractivity contribution in [3.05, 3.63) is 34.9 Å². The molecular weight excluding hydrogens is 272 g/mol. The molecule has 4 nitrogen and oxygen atoms in total. The Morgan fingerprint density at radius 2 is 2.20 bits per heavy atom. The number of hydrogen-bond acceptors (Lipinski definition) is 3. The van der Waals surface area contributed by atoms with E-state index in [0.29, 0.717) is 11.4 Å². The second kappa shape index (κ2) is 3.67. The Morgan fingerprint density at radius 1 is 1.40 bits per heavy atom. The van der Waals surface area contributed by atoms with Crippen LogP contribution in [0.4, 0.5) is 0 Å². The summed E-state index contributed by atoms with van der Waals surface area (Å²) >= 11 is 5.40. The number of rotatable bonds is 0. The normalized spacial score (nSPS) is 30.9. The molecule has 2 unspecified atom stereocenters. The zero-order chi connectivity index (χ0) is 14.1. The van der Waals surface area contributed by atoms with E-state index in [4.69, 9.17) is 12.2 Å². The fourth-order valence-corrected chi connectivity index (χ4v) is 4.32. The van der Waals surface area contributed by atoms with Crippen LogP contribution in [-0.4, -0.2) is 34.8 Å². The number of amides is 2. The molecule has 1 aliphatic carbocycles. The van der Waals surface area contributed by atoms with E-state index in [1.807, 2.05) is 12.1 Å². The van der Waals surface area contributed by atoms with Crippen molar-refractivity contribution >= 4 is 29.0 Å². The summed E-state index contributed by atoms with van der Waals surface area (Å²) in [6.07, 6.45) is 2.59. The molecule has 0 saturated carbocycles. The molecule has 0 radical (unpaired) electrons. The Labute approximate surface area is 122 Å². The molecule has 4 rings (SSSR count). The highest BCUT2D eigenvalue weighted by Crippen LogP contribution is 2.48. The van der Waals surface area contributed by atoms with Crippen LogP contribution in [-0.2, 0) is 21.4 Å². The van der Waals surface area contributed by atoms with E-state index in [2.05, 4.69) is 11.4 Å². The van der Waals surface area contributed by atoms with Gasteiger partial charge in [0.1, 0.15) is 16.4 Å². The molecule has 0 bridgehead atoms. The molecular formula is C15H14N2O2S. The molecule has 3 aliphatic rings. The number of hydrogen-bond donors (Lipinski definition) is 1. The Bertz CT molecular complexity index is 684. The predicted molar refractivity (Wildman–Crippen MR) is 77.5 cm³/mol. The van der Waals surface area contributed by atoms with Crippen LogP contribution in [0.3, 0.4) is 0 Å². The van der Waals surface area contributed by atoms with E-state index >= 15 is 0 Å². The van der Waals surface area contributed by atoms with Crippen LogP contribution in [0.5, 0.6) is 0 Å². The SMILES string of the molecule is CN1C(=O)C2NC(=S)c3cccc4c3C2(CCC4)C1=O. The summed E-state index contributed by atoms with van der Waals surface area (Å²) in [6, 6.07) is 5.46. The minimum Gasteiger partial charge on any atom is -0.363 e. The standard InChI is InChI=1S/C15H14N2O2S/c1-17-13(18)11-15(14(17)19)7-3-5-8-4-2-6-9(10(8)15)12(20)16-11/h2,4,6,11H,3,5,7H2,1H3,(H,16,20). The minimum absolute atomic E-state index is 0.0871. The molecule has 2 amide bonds. The average molecular weight is 286 g/mol. The van der Waals surface area contributed by atoms with Crippen LogP contribution in [0.15, 0.2) is 18.2 Å². The zero-order valence-electron chi connectivity index (χ0n) is 11.1. The number of likely N-dealkylation sites (N-methyl/N-ethyl adjacent to an activating group) is 1. The van der Waals surface area contributed by atoms with Gasteiger partial charge in [-0.25, -0.2) is 0 Å². The summed E-state index contributed by atoms with van der Waals surface area (Å²) in [7, 11) is 1.57. The molecule has 5 heteroatoms. The van der Waals surface area contributed by atoms with Crippen molar-refractivity contribution in [3.63, 3.8) is 0 Å². The molecule has 2 aliphatic heterocycles. The van der Waals surface area contributed by atoms with Gasteiger partial charge in [0.15, 0.2) is 0 Å². The van der Waals surface area contributed by atoms with Gasteiger partial charge in [0.2, 0.25) is 5.91 Å². The summed E-state index contributed by atoms with van der Waals surface area (Å²) in [6.45, 7) is 0. The van der Waals surface area contributed by atoms with Gasteiger partial charge in [-0.15, -0.1) is 0 Å². The number of carbonyl (C=O) groups excluding carboxylic acids is 2. The van der Waals surface area contributed by atoms with E-state index in [-0.39, 0.29) is 11.8 Å². The van der Waals surface area contributed by atoms with E-state index in [1.54, 1.807) is 7.05 Å². The number of nitrogens with zero attached hydrogens (tertiary/aromatic N) is 1. The quantitative estimate of drug-likeness (QED) is 0.569. The molecule has 102 valence electrons. The maximum atomic E-state index is 12.8. The molecule has 2 heterocycles. The van der Waals surface area contributed by atoms with Crippen molar-refractivity contribution in [1.29, 1.82) is 0 Å². The number of benzene rings is 1. The number of likely N-dealkylation sites (tertiary alicyclic amines) is 1. The van der Waals surface area contributed by atoms with Crippen LogP contribution >= 0.6 is 12.2 Å². The highest BCUT2D eigenvalue weighted by molar-refractivity contribution is 7.80. The molecule has 1 saturated heterocycles. The smallest absolute Gasteiger partial charge is 0.252 e. The molecule has 1 fully saturated rings. The maximum Gasteiger partial charge on any atom is 0.252 e. The third kappa shape index (κ3) is 1.15. The first-order valence-corrected chi connectivity index (χ1v) is 7.23. The number of nitrogens with one attached hydrogen (secondary N) is 1. The first-order valence-electron chi connectivity index (χ1n) is 6.82. The van der Waals surface area contributed by atoms with Gasteiger partial charge < -0.3 is 5.32 Å². The van der Waals surface area contributed by atoms with Crippen LogP contribution in [0, 0.1) is 0 Å². The summed E-state index contributed by atoms with van der Waals surface area (Å²) < 4.78 is 0. The first-order chi connectivity index (χ1) is 9.57. The van der Waals surface area contributed by atoms with Gasteiger partial charge in [-0.3, -0.25) is 14.5 Å². The Hall–Kier alpha value is -1.75. The van der Waals surface area contributed by atoms with E-state index < -0.39 is 11.5 Å². The van der Waals surface area contributed by atoms with Crippen molar-refractivity contribution in [2.45, 2.75) is 30.7 Å². The fraction of sp³-hybridized carbons (Fsp3) is 0.400. The molecule has 1 aromatic rings. The van der Waals surface area contributed by atoms with Crippen molar-refractivity contribution in [2.75, 3.05) is 7.05 Å². The van der Waals surface area contributed by atoms with Gasteiger partial charge in [0.25, 0.3) is 5.91 Å². The average Bonchev–Trinajstić information content (AvgIpc) is 2.64. The van der Waals surface area contributed by atoms with E-state index in [0.717, 1.165) is 24.0 Å². The molecule has 2 atom stereocenters. The Balaban J connectivity index is 2.09. The lowest BCUT2D eigenvalue weighted by Gasteiger charge is -2.42. The molecule has 1 N–H and O–H groups in total. The van der Waals surface area contributed by atoms with Gasteiger partial charge in [0, 0.05) is 12.6 Å². The van der Waals surface area contributed by atoms with Crippen LogP contribution in [0.2, 0.25) is 0 Å². The maximum absolute atomic E-state index is 12.8. The Kier molecular flexibility index (Phi) is 2.20. The number of carbonyl (C=O) groups is 2. The lowest BCUT2D eigenvalue weighted by atomic mass is 9.63. The third-order valence-electron chi connectivity index (χ3n) is 4.89. The fourth-order valence-electron chi connectivity index (χ4n) is 4.03. The molecule has 0 aromatic heterocycles. The van der Waals surface area contributed by atoms with Gasteiger partial charge in [-0.1, -0.05) is 30.4 Å². The lowest BCUT2D eigenvalue weighted by molar-refractivity contribution is -0.138. The zero-order valence-corrected chi connectivity index (χ0v) is 11.9.